The summed E-state index contributed by atoms with van der Waals surface area (Å²) >= 11 is 0. The van der Waals surface area contributed by atoms with Gasteiger partial charge in [0.15, 0.2) is 6.61 Å². The van der Waals surface area contributed by atoms with Crippen molar-refractivity contribution >= 4 is 17.6 Å². The zero-order valence-electron chi connectivity index (χ0n) is 16.4. The Bertz CT molecular complexity index is 1060. The molecule has 1 fully saturated rings. The number of para-hydroxylation sites is 1. The number of rotatable bonds is 6. The Kier molecular flexibility index (Phi) is 5.56. The van der Waals surface area contributed by atoms with Crippen LogP contribution in [0.5, 0.6) is 0 Å². The maximum atomic E-state index is 13.0. The van der Waals surface area contributed by atoms with Gasteiger partial charge in [0.1, 0.15) is 5.82 Å². The SMILES string of the molecule is CCc1ccccc1N1CC(C(=O)OCc2nc(-c3ccc(F)cc3)no2)CC1=O. The van der Waals surface area contributed by atoms with Crippen LogP contribution in [0, 0.1) is 11.7 Å². The van der Waals surface area contributed by atoms with E-state index < -0.39 is 11.9 Å². The second kappa shape index (κ2) is 8.44. The minimum absolute atomic E-state index is 0.0988. The van der Waals surface area contributed by atoms with Crippen LogP contribution >= 0.6 is 0 Å². The summed E-state index contributed by atoms with van der Waals surface area (Å²) < 4.78 is 23.4. The summed E-state index contributed by atoms with van der Waals surface area (Å²) in [4.78, 5) is 30.7. The molecule has 1 unspecified atom stereocenters. The molecular weight excluding hydrogens is 389 g/mol. The molecule has 1 amide bonds. The van der Waals surface area contributed by atoms with Crippen molar-refractivity contribution in [3.63, 3.8) is 0 Å². The summed E-state index contributed by atoms with van der Waals surface area (Å²) in [6, 6.07) is 13.3. The summed E-state index contributed by atoms with van der Waals surface area (Å²) in [5.41, 5.74) is 2.48. The van der Waals surface area contributed by atoms with Crippen LogP contribution in [0.1, 0.15) is 24.8 Å². The first-order valence-corrected chi connectivity index (χ1v) is 9.68. The smallest absolute Gasteiger partial charge is 0.311 e. The van der Waals surface area contributed by atoms with E-state index in [0.29, 0.717) is 5.56 Å². The highest BCUT2D eigenvalue weighted by atomic mass is 19.1. The van der Waals surface area contributed by atoms with Gasteiger partial charge in [0, 0.05) is 24.2 Å². The van der Waals surface area contributed by atoms with Gasteiger partial charge < -0.3 is 14.2 Å². The number of carbonyl (C=O) groups excluding carboxylic acids is 2. The number of benzene rings is 2. The van der Waals surface area contributed by atoms with E-state index in [1.807, 2.05) is 31.2 Å². The molecule has 0 bridgehead atoms. The molecule has 1 aliphatic rings. The fourth-order valence-electron chi connectivity index (χ4n) is 3.45. The van der Waals surface area contributed by atoms with Crippen LogP contribution < -0.4 is 4.90 Å². The second-order valence-electron chi connectivity index (χ2n) is 7.01. The predicted molar refractivity (Wildman–Crippen MR) is 106 cm³/mol. The quantitative estimate of drug-likeness (QED) is 0.579. The van der Waals surface area contributed by atoms with E-state index in [1.54, 1.807) is 4.90 Å². The molecule has 154 valence electrons. The second-order valence-corrected chi connectivity index (χ2v) is 7.01. The zero-order chi connectivity index (χ0) is 21.1. The van der Waals surface area contributed by atoms with Crippen LogP contribution in [-0.2, 0) is 27.4 Å². The number of aryl methyl sites for hydroxylation is 1. The first-order chi connectivity index (χ1) is 14.5. The number of nitrogens with zero attached hydrogens (tertiary/aromatic N) is 3. The predicted octanol–water partition coefficient (Wildman–Crippen LogP) is 3.53. The van der Waals surface area contributed by atoms with Gasteiger partial charge in [-0.05, 0) is 42.3 Å². The third-order valence-electron chi connectivity index (χ3n) is 5.03. The van der Waals surface area contributed by atoms with Crippen LogP contribution in [0.2, 0.25) is 0 Å². The molecule has 7 nitrogen and oxygen atoms in total. The third kappa shape index (κ3) is 4.07. The number of anilines is 1. The van der Waals surface area contributed by atoms with E-state index in [9.17, 15) is 14.0 Å². The standard InChI is InChI=1S/C22H20FN3O4/c1-2-14-5-3-4-6-18(14)26-12-16(11-20(26)27)22(28)29-13-19-24-21(25-30-19)15-7-9-17(23)10-8-15/h3-10,16H,2,11-13H2,1H3. The number of carbonyl (C=O) groups is 2. The Morgan fingerprint density at radius 1 is 1.23 bits per heavy atom. The molecule has 0 radical (unpaired) electrons. The van der Waals surface area contributed by atoms with Crippen LogP contribution in [0.4, 0.5) is 10.1 Å². The topological polar surface area (TPSA) is 85.5 Å². The van der Waals surface area contributed by atoms with Gasteiger partial charge in [0.2, 0.25) is 11.7 Å². The van der Waals surface area contributed by atoms with Crippen LogP contribution in [0.25, 0.3) is 11.4 Å². The third-order valence-corrected chi connectivity index (χ3v) is 5.03. The molecule has 2 aromatic carbocycles. The molecule has 0 aliphatic carbocycles. The molecule has 0 saturated carbocycles. The number of esters is 1. The molecule has 0 spiro atoms. The molecule has 4 rings (SSSR count). The molecule has 3 aromatic rings. The Balaban J connectivity index is 1.37. The number of amides is 1. The van der Waals surface area contributed by atoms with Crippen LogP contribution in [0.3, 0.4) is 0 Å². The van der Waals surface area contributed by atoms with Gasteiger partial charge in [-0.1, -0.05) is 30.3 Å². The summed E-state index contributed by atoms with van der Waals surface area (Å²) in [5.74, 6) is -1.10. The Morgan fingerprint density at radius 3 is 2.77 bits per heavy atom. The van der Waals surface area contributed by atoms with Gasteiger partial charge >= 0.3 is 5.97 Å². The molecule has 1 atom stereocenters. The zero-order valence-corrected chi connectivity index (χ0v) is 16.4. The monoisotopic (exact) mass is 409 g/mol. The van der Waals surface area contributed by atoms with Crippen LogP contribution in [0.15, 0.2) is 53.1 Å². The molecule has 30 heavy (non-hydrogen) atoms. The molecule has 0 N–H and O–H groups in total. The van der Waals surface area contributed by atoms with E-state index in [4.69, 9.17) is 9.26 Å². The van der Waals surface area contributed by atoms with E-state index in [2.05, 4.69) is 10.1 Å². The number of hydrogen-bond donors (Lipinski definition) is 0. The lowest BCUT2D eigenvalue weighted by Gasteiger charge is -2.19. The van der Waals surface area contributed by atoms with Gasteiger partial charge in [-0.25, -0.2) is 4.39 Å². The minimum atomic E-state index is -0.554. The van der Waals surface area contributed by atoms with E-state index in [1.165, 1.54) is 24.3 Å². The van der Waals surface area contributed by atoms with Gasteiger partial charge in [0.25, 0.3) is 5.89 Å². The molecule has 1 aliphatic heterocycles. The molecule has 1 aromatic heterocycles. The number of hydrogen-bond acceptors (Lipinski definition) is 6. The summed E-state index contributed by atoms with van der Waals surface area (Å²) in [6.45, 7) is 2.11. The highest BCUT2D eigenvalue weighted by molar-refractivity contribution is 6.00. The van der Waals surface area contributed by atoms with E-state index >= 15 is 0 Å². The minimum Gasteiger partial charge on any atom is -0.455 e. The average molecular weight is 409 g/mol. The van der Waals surface area contributed by atoms with Crippen molar-refractivity contribution < 1.29 is 23.2 Å². The molecule has 2 heterocycles. The maximum Gasteiger partial charge on any atom is 0.311 e. The molecular formula is C22H20FN3O4. The summed E-state index contributed by atoms with van der Waals surface area (Å²) in [6.07, 6.45) is 0.893. The van der Waals surface area contributed by atoms with Crippen molar-refractivity contribution in [2.75, 3.05) is 11.4 Å². The summed E-state index contributed by atoms with van der Waals surface area (Å²) in [7, 11) is 0. The first kappa shape index (κ1) is 19.8. The fourth-order valence-corrected chi connectivity index (χ4v) is 3.45. The van der Waals surface area contributed by atoms with Crippen LogP contribution in [-0.4, -0.2) is 28.6 Å². The van der Waals surface area contributed by atoms with Gasteiger partial charge in [0.05, 0.1) is 5.92 Å². The number of halogens is 1. The van der Waals surface area contributed by atoms with E-state index in [-0.39, 0.29) is 43.0 Å². The fraction of sp³-hybridized carbons (Fsp3) is 0.273. The van der Waals surface area contributed by atoms with Gasteiger partial charge in [-0.2, -0.15) is 4.98 Å². The lowest BCUT2D eigenvalue weighted by molar-refractivity contribution is -0.150. The van der Waals surface area contributed by atoms with Crippen molar-refractivity contribution in [1.29, 1.82) is 0 Å². The van der Waals surface area contributed by atoms with Crippen molar-refractivity contribution in [2.45, 2.75) is 26.4 Å². The van der Waals surface area contributed by atoms with Gasteiger partial charge in [-0.15, -0.1) is 0 Å². The summed E-state index contributed by atoms with van der Waals surface area (Å²) in [5, 5.41) is 3.81. The largest absolute Gasteiger partial charge is 0.455 e. The Hall–Kier alpha value is -3.55. The highest BCUT2D eigenvalue weighted by Gasteiger charge is 2.37. The lowest BCUT2D eigenvalue weighted by Crippen LogP contribution is -2.27. The van der Waals surface area contributed by atoms with Crippen molar-refractivity contribution in [3.05, 3.63) is 65.8 Å². The maximum absolute atomic E-state index is 13.0. The normalized spacial score (nSPS) is 16.1. The Morgan fingerprint density at radius 2 is 2.00 bits per heavy atom. The van der Waals surface area contributed by atoms with Crippen molar-refractivity contribution in [3.8, 4) is 11.4 Å². The number of ether oxygens (including phenoxy) is 1. The Labute approximate surface area is 172 Å². The molecule has 1 saturated heterocycles. The average Bonchev–Trinajstić information content (AvgIpc) is 3.39. The first-order valence-electron chi connectivity index (χ1n) is 9.68. The van der Waals surface area contributed by atoms with Crippen molar-refractivity contribution in [1.82, 2.24) is 10.1 Å². The van der Waals surface area contributed by atoms with Crippen molar-refractivity contribution in [2.24, 2.45) is 5.92 Å². The van der Waals surface area contributed by atoms with Gasteiger partial charge in [-0.3, -0.25) is 9.59 Å². The number of aromatic nitrogens is 2. The highest BCUT2D eigenvalue weighted by Crippen LogP contribution is 2.29. The van der Waals surface area contributed by atoms with E-state index in [0.717, 1.165) is 17.7 Å². The lowest BCUT2D eigenvalue weighted by atomic mass is 10.1. The molecule has 8 heteroatoms.